The Morgan fingerprint density at radius 2 is 1.91 bits per heavy atom. The zero-order valence-electron chi connectivity index (χ0n) is 19.7. The molecule has 32 heavy (non-hydrogen) atoms. The maximum Gasteiger partial charge on any atom is 0.286 e. The molecule has 1 aromatic rings. The van der Waals surface area contributed by atoms with E-state index >= 15 is 0 Å². The lowest BCUT2D eigenvalue weighted by molar-refractivity contribution is -0.104. The zero-order valence-corrected chi connectivity index (χ0v) is 19.7. The van der Waals surface area contributed by atoms with Crippen molar-refractivity contribution in [3.8, 4) is 0 Å². The lowest BCUT2D eigenvalue weighted by Crippen LogP contribution is -2.48. The van der Waals surface area contributed by atoms with E-state index in [1.165, 1.54) is 18.3 Å². The van der Waals surface area contributed by atoms with E-state index in [0.29, 0.717) is 5.69 Å². The Hall–Kier alpha value is -2.87. The van der Waals surface area contributed by atoms with Crippen LogP contribution in [0.2, 0.25) is 0 Å². The van der Waals surface area contributed by atoms with Crippen LogP contribution in [0.3, 0.4) is 0 Å². The first-order chi connectivity index (χ1) is 15.3. The van der Waals surface area contributed by atoms with Crippen molar-refractivity contribution in [3.63, 3.8) is 0 Å². The summed E-state index contributed by atoms with van der Waals surface area (Å²) < 4.78 is 26.8. The number of aromatic nitrogens is 1. The number of halogens is 2. The standard InChI is InChI=1S/C20H29F2N5.C4H6O/c1-5-7-17(25-16-8-9-18(24-15-16)20(3,21)22)19(23-10-6-2)27-13-11-26(4)12-14-27;1-2-3-4-5/h6-10,15,25H,5,11-14H2,1-4H3;2-4H,1H3/b10-6-,17-7-,23-19-;3-2+. The van der Waals surface area contributed by atoms with Crippen molar-refractivity contribution in [2.75, 3.05) is 38.5 Å². The van der Waals surface area contributed by atoms with Gasteiger partial charge in [0.15, 0.2) is 5.84 Å². The summed E-state index contributed by atoms with van der Waals surface area (Å²) in [5, 5.41) is 3.31. The number of nitrogens with zero attached hydrogens (tertiary/aromatic N) is 4. The average Bonchev–Trinajstić information content (AvgIpc) is 2.76. The number of alkyl halides is 2. The lowest BCUT2D eigenvalue weighted by Gasteiger charge is -2.35. The highest BCUT2D eigenvalue weighted by atomic mass is 19.3. The molecule has 2 heterocycles. The van der Waals surface area contributed by atoms with Gasteiger partial charge in [-0.05, 0) is 45.5 Å². The second-order valence-electron chi connectivity index (χ2n) is 7.36. The SMILES string of the molecule is C/C=C/C=O.C\C=C/N=C(/C(=C/CC)Nc1ccc(C(C)(F)F)nc1)N1CCN(C)CC1. The van der Waals surface area contributed by atoms with Crippen LogP contribution in [-0.4, -0.2) is 60.1 Å². The molecule has 176 valence electrons. The maximum absolute atomic E-state index is 13.4. The third-order valence-corrected chi connectivity index (χ3v) is 4.56. The van der Waals surface area contributed by atoms with Gasteiger partial charge < -0.3 is 15.1 Å². The summed E-state index contributed by atoms with van der Waals surface area (Å²) in [5.41, 5.74) is 1.28. The number of nitrogens with one attached hydrogen (secondary N) is 1. The number of hydrogen-bond acceptors (Lipinski definition) is 5. The summed E-state index contributed by atoms with van der Waals surface area (Å²) in [6.07, 6.45) is 11.9. The van der Waals surface area contributed by atoms with Crippen LogP contribution < -0.4 is 5.32 Å². The van der Waals surface area contributed by atoms with Crippen LogP contribution in [-0.2, 0) is 10.7 Å². The first-order valence-corrected chi connectivity index (χ1v) is 10.8. The average molecular weight is 448 g/mol. The number of pyridine rings is 1. The van der Waals surface area contributed by atoms with Gasteiger partial charge in [0, 0.05) is 39.3 Å². The molecule has 0 saturated carbocycles. The summed E-state index contributed by atoms with van der Waals surface area (Å²) in [5.74, 6) is -2.09. The third-order valence-electron chi connectivity index (χ3n) is 4.56. The van der Waals surface area contributed by atoms with E-state index < -0.39 is 5.92 Å². The molecule has 0 atom stereocenters. The van der Waals surface area contributed by atoms with Crippen molar-refractivity contribution in [3.05, 3.63) is 60.2 Å². The zero-order chi connectivity index (χ0) is 24.0. The van der Waals surface area contributed by atoms with E-state index in [9.17, 15) is 13.6 Å². The second kappa shape index (κ2) is 14.2. The highest BCUT2D eigenvalue weighted by Crippen LogP contribution is 2.26. The number of aliphatic imine (C=N–C) groups is 1. The first kappa shape index (κ1) is 27.2. The van der Waals surface area contributed by atoms with Crippen LogP contribution in [0, 0.1) is 0 Å². The van der Waals surface area contributed by atoms with Crippen molar-refractivity contribution < 1.29 is 13.6 Å². The summed E-state index contributed by atoms with van der Waals surface area (Å²) in [6.45, 7) is 10.3. The normalized spacial score (nSPS) is 16.3. The number of carbonyl (C=O) groups excluding carboxylic acids is 1. The molecule has 1 fully saturated rings. The van der Waals surface area contributed by atoms with Gasteiger partial charge in [-0.15, -0.1) is 0 Å². The summed E-state index contributed by atoms with van der Waals surface area (Å²) in [7, 11) is 2.11. The molecule has 0 aliphatic carbocycles. The Morgan fingerprint density at radius 1 is 1.22 bits per heavy atom. The van der Waals surface area contributed by atoms with Gasteiger partial charge in [0.2, 0.25) is 0 Å². The minimum absolute atomic E-state index is 0.240. The second-order valence-corrected chi connectivity index (χ2v) is 7.36. The van der Waals surface area contributed by atoms with Crippen LogP contribution in [0.25, 0.3) is 0 Å². The Kier molecular flexibility index (Phi) is 12.1. The highest BCUT2D eigenvalue weighted by molar-refractivity contribution is 6.01. The fourth-order valence-electron chi connectivity index (χ4n) is 2.85. The number of rotatable bonds is 7. The number of anilines is 1. The highest BCUT2D eigenvalue weighted by Gasteiger charge is 2.26. The molecule has 8 heteroatoms. The number of allylic oxidation sites excluding steroid dienone is 4. The Bertz CT molecular complexity index is 803. The van der Waals surface area contributed by atoms with Crippen molar-refractivity contribution in [1.82, 2.24) is 14.8 Å². The van der Waals surface area contributed by atoms with Crippen LogP contribution in [0.5, 0.6) is 0 Å². The maximum atomic E-state index is 13.4. The molecular formula is C24H35F2N5O. The first-order valence-electron chi connectivity index (χ1n) is 10.8. The molecule has 0 aromatic carbocycles. The van der Waals surface area contributed by atoms with E-state index in [1.54, 1.807) is 25.3 Å². The molecule has 6 nitrogen and oxygen atoms in total. The summed E-state index contributed by atoms with van der Waals surface area (Å²) in [4.78, 5) is 22.4. The van der Waals surface area contributed by atoms with E-state index in [1.807, 2.05) is 13.0 Å². The molecule has 1 saturated heterocycles. The molecule has 0 spiro atoms. The number of hydrogen-bond donors (Lipinski definition) is 1. The fourth-order valence-corrected chi connectivity index (χ4v) is 2.85. The third kappa shape index (κ3) is 9.51. The molecule has 0 bridgehead atoms. The minimum atomic E-state index is -2.95. The topological polar surface area (TPSA) is 60.8 Å². The monoisotopic (exact) mass is 447 g/mol. The predicted molar refractivity (Wildman–Crippen MR) is 128 cm³/mol. The predicted octanol–water partition coefficient (Wildman–Crippen LogP) is 4.84. The van der Waals surface area contributed by atoms with Gasteiger partial charge in [-0.25, -0.2) is 4.99 Å². The minimum Gasteiger partial charge on any atom is -0.352 e. The lowest BCUT2D eigenvalue weighted by atomic mass is 10.2. The molecule has 1 aromatic heterocycles. The number of aldehydes is 1. The van der Waals surface area contributed by atoms with Gasteiger partial charge in [-0.3, -0.25) is 9.78 Å². The molecular weight excluding hydrogens is 412 g/mol. The van der Waals surface area contributed by atoms with E-state index in [0.717, 1.165) is 57.3 Å². The Labute approximate surface area is 190 Å². The van der Waals surface area contributed by atoms with Crippen LogP contribution in [0.4, 0.5) is 14.5 Å². The van der Waals surface area contributed by atoms with Gasteiger partial charge in [0.1, 0.15) is 12.0 Å². The van der Waals surface area contributed by atoms with Gasteiger partial charge in [-0.1, -0.05) is 25.2 Å². The fraction of sp³-hybridized carbons (Fsp3) is 0.458. The van der Waals surface area contributed by atoms with Gasteiger partial charge in [-0.2, -0.15) is 8.78 Å². The number of likely N-dealkylation sites (N-methyl/N-ethyl adjacent to an activating group) is 1. The largest absolute Gasteiger partial charge is 0.352 e. The molecule has 0 unspecified atom stereocenters. The number of amidine groups is 1. The van der Waals surface area contributed by atoms with Crippen LogP contribution >= 0.6 is 0 Å². The van der Waals surface area contributed by atoms with E-state index in [2.05, 4.69) is 45.1 Å². The molecule has 0 radical (unpaired) electrons. The Balaban J connectivity index is 0.000000920. The Morgan fingerprint density at radius 3 is 2.34 bits per heavy atom. The van der Waals surface area contributed by atoms with Crippen molar-refractivity contribution >= 4 is 17.8 Å². The molecule has 1 N–H and O–H groups in total. The molecule has 2 rings (SSSR count). The van der Waals surface area contributed by atoms with Crippen molar-refractivity contribution in [2.45, 2.75) is 40.0 Å². The number of carbonyl (C=O) groups is 1. The van der Waals surface area contributed by atoms with Crippen molar-refractivity contribution in [1.29, 1.82) is 0 Å². The van der Waals surface area contributed by atoms with Gasteiger partial charge in [0.05, 0.1) is 17.6 Å². The molecule has 0 amide bonds. The summed E-state index contributed by atoms with van der Waals surface area (Å²) >= 11 is 0. The number of piperazine rings is 1. The van der Waals surface area contributed by atoms with E-state index in [-0.39, 0.29) is 5.69 Å². The van der Waals surface area contributed by atoms with E-state index in [4.69, 9.17) is 0 Å². The molecule has 1 aliphatic heterocycles. The molecule has 1 aliphatic rings. The van der Waals surface area contributed by atoms with Crippen LogP contribution in [0.1, 0.15) is 39.8 Å². The quantitative estimate of drug-likeness (QED) is 0.281. The summed E-state index contributed by atoms with van der Waals surface area (Å²) in [6, 6.07) is 2.98. The van der Waals surface area contributed by atoms with Gasteiger partial charge in [0.25, 0.3) is 5.92 Å². The van der Waals surface area contributed by atoms with Crippen LogP contribution in [0.15, 0.2) is 59.5 Å². The van der Waals surface area contributed by atoms with Gasteiger partial charge >= 0.3 is 0 Å². The smallest absolute Gasteiger partial charge is 0.286 e. The van der Waals surface area contributed by atoms with Crippen molar-refractivity contribution in [2.24, 2.45) is 4.99 Å².